The highest BCUT2D eigenvalue weighted by atomic mass is 32.1. The minimum Gasteiger partial charge on any atom is -0.379 e. The van der Waals surface area contributed by atoms with Gasteiger partial charge in [-0.25, -0.2) is 0 Å². The Morgan fingerprint density at radius 3 is 2.58 bits per heavy atom. The number of nitrogens with zero attached hydrogens (tertiary/aromatic N) is 2. The van der Waals surface area contributed by atoms with E-state index in [-0.39, 0.29) is 17.9 Å². The molecule has 24 heavy (non-hydrogen) atoms. The van der Waals surface area contributed by atoms with Crippen LogP contribution in [0.5, 0.6) is 0 Å². The first kappa shape index (κ1) is 17.2. The van der Waals surface area contributed by atoms with E-state index < -0.39 is 0 Å². The van der Waals surface area contributed by atoms with E-state index in [1.807, 2.05) is 31.4 Å². The zero-order valence-electron chi connectivity index (χ0n) is 14.3. The minimum absolute atomic E-state index is 0.144. The van der Waals surface area contributed by atoms with Crippen molar-refractivity contribution in [3.05, 3.63) is 28.1 Å². The predicted molar refractivity (Wildman–Crippen MR) is 94.5 cm³/mol. The summed E-state index contributed by atoms with van der Waals surface area (Å²) in [6, 6.07) is 3.85. The SMILES string of the molecule is CC(C)OCCCN1C(=O)C(c2cccs2)=C(N2CCCC2)C1=O. The number of imide groups is 1. The first-order valence-electron chi connectivity index (χ1n) is 8.60. The zero-order valence-corrected chi connectivity index (χ0v) is 15.1. The number of rotatable bonds is 7. The van der Waals surface area contributed by atoms with Gasteiger partial charge in [0.05, 0.1) is 11.7 Å². The van der Waals surface area contributed by atoms with E-state index in [1.54, 1.807) is 0 Å². The standard InChI is InChI=1S/C18H24N2O3S/c1-13(2)23-11-6-10-20-17(21)15(14-7-5-12-24-14)16(18(20)22)19-8-3-4-9-19/h5,7,12-13H,3-4,6,8-11H2,1-2H3. The molecule has 3 heterocycles. The maximum atomic E-state index is 12.9. The molecule has 1 saturated heterocycles. The van der Waals surface area contributed by atoms with Crippen LogP contribution in [-0.4, -0.2) is 54.0 Å². The average Bonchev–Trinajstić information content (AvgIpc) is 3.26. The lowest BCUT2D eigenvalue weighted by molar-refractivity contribution is -0.137. The molecule has 0 aliphatic carbocycles. The molecule has 3 rings (SSSR count). The Kier molecular flexibility index (Phi) is 5.36. The summed E-state index contributed by atoms with van der Waals surface area (Å²) >= 11 is 1.51. The predicted octanol–water partition coefficient (Wildman–Crippen LogP) is 2.74. The summed E-state index contributed by atoms with van der Waals surface area (Å²) in [5.74, 6) is -0.302. The topological polar surface area (TPSA) is 49.9 Å². The summed E-state index contributed by atoms with van der Waals surface area (Å²) < 4.78 is 5.53. The van der Waals surface area contributed by atoms with Gasteiger partial charge >= 0.3 is 0 Å². The van der Waals surface area contributed by atoms with Gasteiger partial charge in [0.1, 0.15) is 5.70 Å². The normalized spacial score (nSPS) is 18.6. The first-order chi connectivity index (χ1) is 11.6. The van der Waals surface area contributed by atoms with E-state index in [4.69, 9.17) is 4.74 Å². The van der Waals surface area contributed by atoms with Crippen LogP contribution in [0.25, 0.3) is 5.57 Å². The van der Waals surface area contributed by atoms with Crippen molar-refractivity contribution < 1.29 is 14.3 Å². The molecule has 0 radical (unpaired) electrons. The fourth-order valence-electron chi connectivity index (χ4n) is 3.19. The van der Waals surface area contributed by atoms with Crippen LogP contribution in [0.2, 0.25) is 0 Å². The van der Waals surface area contributed by atoms with Gasteiger partial charge < -0.3 is 9.64 Å². The van der Waals surface area contributed by atoms with Crippen molar-refractivity contribution >= 4 is 28.7 Å². The Hall–Kier alpha value is -1.66. The van der Waals surface area contributed by atoms with Gasteiger partial charge in [0.2, 0.25) is 0 Å². The Balaban J connectivity index is 1.79. The van der Waals surface area contributed by atoms with E-state index in [0.29, 0.717) is 30.8 Å². The molecule has 2 aliphatic rings. The van der Waals surface area contributed by atoms with E-state index >= 15 is 0 Å². The molecule has 1 aromatic heterocycles. The lowest BCUT2D eigenvalue weighted by Gasteiger charge is -2.20. The van der Waals surface area contributed by atoms with Gasteiger partial charge in [-0.3, -0.25) is 14.5 Å². The molecule has 0 saturated carbocycles. The third kappa shape index (κ3) is 3.39. The zero-order chi connectivity index (χ0) is 17.1. The maximum absolute atomic E-state index is 12.9. The third-order valence-corrected chi connectivity index (χ3v) is 5.20. The van der Waals surface area contributed by atoms with Gasteiger partial charge in [0, 0.05) is 31.1 Å². The molecule has 0 spiro atoms. The fourth-order valence-corrected chi connectivity index (χ4v) is 3.95. The Bertz CT molecular complexity index is 631. The number of hydrogen-bond acceptors (Lipinski definition) is 5. The van der Waals surface area contributed by atoms with Crippen molar-refractivity contribution in [2.75, 3.05) is 26.2 Å². The van der Waals surface area contributed by atoms with Gasteiger partial charge in [-0.2, -0.15) is 0 Å². The highest BCUT2D eigenvalue weighted by molar-refractivity contribution is 7.11. The van der Waals surface area contributed by atoms with Crippen molar-refractivity contribution in [3.8, 4) is 0 Å². The highest BCUT2D eigenvalue weighted by Gasteiger charge is 2.42. The number of carbonyl (C=O) groups excluding carboxylic acids is 2. The Morgan fingerprint density at radius 1 is 1.21 bits per heavy atom. The molecule has 0 unspecified atom stereocenters. The third-order valence-electron chi connectivity index (χ3n) is 4.31. The number of ether oxygens (including phenoxy) is 1. The molecule has 0 aromatic carbocycles. The van der Waals surface area contributed by atoms with E-state index in [1.165, 1.54) is 16.2 Å². The van der Waals surface area contributed by atoms with Crippen molar-refractivity contribution in [2.24, 2.45) is 0 Å². The van der Waals surface area contributed by atoms with Crippen LogP contribution in [0, 0.1) is 0 Å². The molecule has 130 valence electrons. The van der Waals surface area contributed by atoms with Crippen LogP contribution in [-0.2, 0) is 14.3 Å². The Labute approximate surface area is 146 Å². The smallest absolute Gasteiger partial charge is 0.277 e. The summed E-state index contributed by atoms with van der Waals surface area (Å²) in [6.45, 7) is 6.64. The number of carbonyl (C=O) groups is 2. The molecule has 1 aromatic rings. The Morgan fingerprint density at radius 2 is 1.96 bits per heavy atom. The van der Waals surface area contributed by atoms with Crippen LogP contribution in [0.3, 0.4) is 0 Å². The lowest BCUT2D eigenvalue weighted by Crippen LogP contribution is -2.35. The molecule has 0 atom stereocenters. The van der Waals surface area contributed by atoms with Gasteiger partial charge in [-0.05, 0) is 44.6 Å². The van der Waals surface area contributed by atoms with Crippen LogP contribution in [0.15, 0.2) is 23.2 Å². The second-order valence-corrected chi connectivity index (χ2v) is 7.38. The second kappa shape index (κ2) is 7.49. The van der Waals surface area contributed by atoms with Gasteiger partial charge in [0.15, 0.2) is 0 Å². The van der Waals surface area contributed by atoms with Crippen molar-refractivity contribution in [2.45, 2.75) is 39.2 Å². The quantitative estimate of drug-likeness (QED) is 0.562. The van der Waals surface area contributed by atoms with Crippen LogP contribution in [0.4, 0.5) is 0 Å². The summed E-state index contributed by atoms with van der Waals surface area (Å²) in [5.41, 5.74) is 1.19. The van der Waals surface area contributed by atoms with Crippen molar-refractivity contribution in [1.29, 1.82) is 0 Å². The number of likely N-dealkylation sites (tertiary alicyclic amines) is 1. The monoisotopic (exact) mass is 348 g/mol. The lowest BCUT2D eigenvalue weighted by atomic mass is 10.2. The molecule has 0 N–H and O–H groups in total. The largest absolute Gasteiger partial charge is 0.379 e. The fraction of sp³-hybridized carbons (Fsp3) is 0.556. The molecular formula is C18H24N2O3S. The first-order valence-corrected chi connectivity index (χ1v) is 9.48. The minimum atomic E-state index is -0.158. The number of amides is 2. The van der Waals surface area contributed by atoms with Gasteiger partial charge in [-0.1, -0.05) is 6.07 Å². The average molecular weight is 348 g/mol. The second-order valence-electron chi connectivity index (χ2n) is 6.43. The highest BCUT2D eigenvalue weighted by Crippen LogP contribution is 2.35. The van der Waals surface area contributed by atoms with Crippen LogP contribution >= 0.6 is 11.3 Å². The summed E-state index contributed by atoms with van der Waals surface area (Å²) in [6.07, 6.45) is 2.98. The molecule has 5 nitrogen and oxygen atoms in total. The van der Waals surface area contributed by atoms with Gasteiger partial charge in [-0.15, -0.1) is 11.3 Å². The molecule has 2 aliphatic heterocycles. The molecule has 1 fully saturated rings. The van der Waals surface area contributed by atoms with Crippen LogP contribution in [0.1, 0.15) is 38.0 Å². The van der Waals surface area contributed by atoms with Crippen LogP contribution < -0.4 is 0 Å². The summed E-state index contributed by atoms with van der Waals surface area (Å²) in [7, 11) is 0. The molecule has 6 heteroatoms. The summed E-state index contributed by atoms with van der Waals surface area (Å²) in [4.78, 5) is 30.2. The van der Waals surface area contributed by atoms with E-state index in [9.17, 15) is 9.59 Å². The molecular weight excluding hydrogens is 324 g/mol. The van der Waals surface area contributed by atoms with E-state index in [2.05, 4.69) is 4.90 Å². The van der Waals surface area contributed by atoms with Crippen molar-refractivity contribution in [3.63, 3.8) is 0 Å². The summed E-state index contributed by atoms with van der Waals surface area (Å²) in [5, 5.41) is 1.95. The molecule has 0 bridgehead atoms. The number of hydrogen-bond donors (Lipinski definition) is 0. The van der Waals surface area contributed by atoms with Crippen molar-refractivity contribution in [1.82, 2.24) is 9.80 Å². The molecule has 2 amide bonds. The maximum Gasteiger partial charge on any atom is 0.277 e. The number of thiophene rings is 1. The van der Waals surface area contributed by atoms with E-state index in [0.717, 1.165) is 30.8 Å². The van der Waals surface area contributed by atoms with Gasteiger partial charge in [0.25, 0.3) is 11.8 Å².